The van der Waals surface area contributed by atoms with Gasteiger partial charge in [-0.3, -0.25) is 4.79 Å². The Balaban J connectivity index is 2.35. The first-order valence-corrected chi connectivity index (χ1v) is 6.97. The molecule has 3 nitrogen and oxygen atoms in total. The number of carbonyl (C=O) groups is 1. The van der Waals surface area contributed by atoms with Crippen molar-refractivity contribution in [3.63, 3.8) is 0 Å². The summed E-state index contributed by atoms with van der Waals surface area (Å²) in [4.78, 5) is 24.1. The molecule has 0 N–H and O–H groups in total. The normalized spacial score (nSPS) is 10.4. The van der Waals surface area contributed by atoms with Crippen LogP contribution in [0.4, 0.5) is 0 Å². The van der Waals surface area contributed by atoms with Crippen molar-refractivity contribution in [3.05, 3.63) is 82.7 Å². The molecule has 0 aliphatic rings. The van der Waals surface area contributed by atoms with E-state index >= 15 is 0 Å². The van der Waals surface area contributed by atoms with Crippen molar-refractivity contribution in [3.8, 4) is 22.5 Å². The van der Waals surface area contributed by atoms with Gasteiger partial charge in [0.15, 0.2) is 5.78 Å². The summed E-state index contributed by atoms with van der Waals surface area (Å²) in [6.07, 6.45) is 0. The second-order valence-electron chi connectivity index (χ2n) is 4.97. The largest absolute Gasteiger partial charge is 0.422 e. The molecule has 22 heavy (non-hydrogen) atoms. The Hall–Kier alpha value is -2.94. The maximum absolute atomic E-state index is 12.2. The van der Waals surface area contributed by atoms with Crippen LogP contribution in [-0.2, 0) is 0 Å². The molecule has 0 saturated carbocycles. The molecule has 1 aromatic heterocycles. The molecule has 3 heteroatoms. The summed E-state index contributed by atoms with van der Waals surface area (Å²) in [5.74, 6) is 0.181. The first kappa shape index (κ1) is 14.0. The SMILES string of the molecule is CC(=O)c1c(-c2ccccc2)cc(=O)oc1-c1ccccc1. The zero-order chi connectivity index (χ0) is 15.5. The molecule has 0 spiro atoms. The second kappa shape index (κ2) is 5.82. The van der Waals surface area contributed by atoms with E-state index in [0.29, 0.717) is 22.5 Å². The molecule has 0 aliphatic carbocycles. The molecule has 0 bridgehead atoms. The predicted molar refractivity (Wildman–Crippen MR) is 85.9 cm³/mol. The molecule has 0 saturated heterocycles. The fourth-order valence-corrected chi connectivity index (χ4v) is 2.48. The Morgan fingerprint density at radius 1 is 0.864 bits per heavy atom. The van der Waals surface area contributed by atoms with Crippen molar-refractivity contribution in [2.24, 2.45) is 0 Å². The first-order chi connectivity index (χ1) is 10.7. The summed E-state index contributed by atoms with van der Waals surface area (Å²) in [6, 6.07) is 19.9. The molecule has 0 atom stereocenters. The summed E-state index contributed by atoms with van der Waals surface area (Å²) in [5.41, 5.74) is 2.09. The van der Waals surface area contributed by atoms with E-state index < -0.39 is 5.63 Å². The maximum atomic E-state index is 12.2. The Morgan fingerprint density at radius 3 is 1.95 bits per heavy atom. The number of carbonyl (C=O) groups excluding carboxylic acids is 1. The van der Waals surface area contributed by atoms with Crippen molar-refractivity contribution in [1.82, 2.24) is 0 Å². The van der Waals surface area contributed by atoms with Gasteiger partial charge in [-0.1, -0.05) is 60.7 Å². The quantitative estimate of drug-likeness (QED) is 0.680. The predicted octanol–water partition coefficient (Wildman–Crippen LogP) is 4.18. The van der Waals surface area contributed by atoms with Gasteiger partial charge in [-0.15, -0.1) is 0 Å². The van der Waals surface area contributed by atoms with E-state index in [1.807, 2.05) is 60.7 Å². The molecule has 3 aromatic rings. The van der Waals surface area contributed by atoms with E-state index in [4.69, 9.17) is 4.42 Å². The molecule has 0 aliphatic heterocycles. The smallest absolute Gasteiger partial charge is 0.336 e. The van der Waals surface area contributed by atoms with E-state index in [1.165, 1.54) is 13.0 Å². The lowest BCUT2D eigenvalue weighted by Gasteiger charge is -2.11. The average molecular weight is 290 g/mol. The number of hydrogen-bond donors (Lipinski definition) is 0. The lowest BCUT2D eigenvalue weighted by molar-refractivity contribution is 0.101. The zero-order valence-corrected chi connectivity index (χ0v) is 12.1. The van der Waals surface area contributed by atoms with Crippen LogP contribution in [0.3, 0.4) is 0 Å². The maximum Gasteiger partial charge on any atom is 0.336 e. The highest BCUT2D eigenvalue weighted by Gasteiger charge is 2.19. The molecule has 0 radical (unpaired) electrons. The van der Waals surface area contributed by atoms with E-state index in [-0.39, 0.29) is 5.78 Å². The summed E-state index contributed by atoms with van der Waals surface area (Å²) in [7, 11) is 0. The first-order valence-electron chi connectivity index (χ1n) is 6.97. The standard InChI is InChI=1S/C19H14O3/c1-13(20)18-16(14-8-4-2-5-9-14)12-17(21)22-19(18)15-10-6-3-7-11-15/h2-12H,1H3. The van der Waals surface area contributed by atoms with Crippen LogP contribution in [0.5, 0.6) is 0 Å². The van der Waals surface area contributed by atoms with Crippen molar-refractivity contribution in [1.29, 1.82) is 0 Å². The highest BCUT2D eigenvalue weighted by atomic mass is 16.4. The zero-order valence-electron chi connectivity index (χ0n) is 12.1. The molecule has 3 rings (SSSR count). The fourth-order valence-electron chi connectivity index (χ4n) is 2.48. The van der Waals surface area contributed by atoms with Gasteiger partial charge in [0.1, 0.15) is 5.76 Å². The average Bonchev–Trinajstić information content (AvgIpc) is 2.55. The van der Waals surface area contributed by atoms with Gasteiger partial charge in [0, 0.05) is 17.2 Å². The molecule has 108 valence electrons. The van der Waals surface area contributed by atoms with Crippen molar-refractivity contribution < 1.29 is 9.21 Å². The third-order valence-corrected chi connectivity index (χ3v) is 3.43. The minimum Gasteiger partial charge on any atom is -0.422 e. The highest BCUT2D eigenvalue weighted by Crippen LogP contribution is 2.31. The molecule has 1 heterocycles. The number of hydrogen-bond acceptors (Lipinski definition) is 3. The summed E-state index contributed by atoms with van der Waals surface area (Å²) in [5, 5.41) is 0. The van der Waals surface area contributed by atoms with Crippen LogP contribution < -0.4 is 5.63 Å². The van der Waals surface area contributed by atoms with Crippen molar-refractivity contribution >= 4 is 5.78 Å². The van der Waals surface area contributed by atoms with E-state index in [9.17, 15) is 9.59 Å². The van der Waals surface area contributed by atoms with Crippen LogP contribution in [0.15, 0.2) is 75.9 Å². The van der Waals surface area contributed by atoms with Gasteiger partial charge in [0.25, 0.3) is 0 Å². The Kier molecular flexibility index (Phi) is 3.71. The van der Waals surface area contributed by atoms with E-state index in [1.54, 1.807) is 0 Å². The number of Topliss-reactive ketones (excluding diaryl/α,β-unsaturated/α-hetero) is 1. The third kappa shape index (κ3) is 2.61. The Bertz CT molecular complexity index is 798. The van der Waals surface area contributed by atoms with Crippen LogP contribution >= 0.6 is 0 Å². The summed E-state index contributed by atoms with van der Waals surface area (Å²) in [6.45, 7) is 1.48. The molecule has 0 unspecified atom stereocenters. The van der Waals surface area contributed by atoms with E-state index in [0.717, 1.165) is 5.56 Å². The minimum absolute atomic E-state index is 0.138. The summed E-state index contributed by atoms with van der Waals surface area (Å²) < 4.78 is 5.34. The van der Waals surface area contributed by atoms with Gasteiger partial charge >= 0.3 is 5.63 Å². The molecular weight excluding hydrogens is 276 g/mol. The van der Waals surface area contributed by atoms with Gasteiger partial charge in [-0.05, 0) is 12.5 Å². The lowest BCUT2D eigenvalue weighted by Crippen LogP contribution is -2.07. The lowest BCUT2D eigenvalue weighted by atomic mass is 9.95. The Labute approximate surface area is 127 Å². The van der Waals surface area contributed by atoms with Crippen LogP contribution in [0, 0.1) is 0 Å². The van der Waals surface area contributed by atoms with Gasteiger partial charge in [0.2, 0.25) is 0 Å². The van der Waals surface area contributed by atoms with Crippen LogP contribution in [0.1, 0.15) is 17.3 Å². The topological polar surface area (TPSA) is 47.3 Å². The van der Waals surface area contributed by atoms with Gasteiger partial charge in [-0.25, -0.2) is 4.79 Å². The highest BCUT2D eigenvalue weighted by molar-refractivity contribution is 6.05. The Morgan fingerprint density at radius 2 is 1.41 bits per heavy atom. The molecule has 0 fully saturated rings. The van der Waals surface area contributed by atoms with E-state index in [2.05, 4.69) is 0 Å². The van der Waals surface area contributed by atoms with Crippen LogP contribution in [0.2, 0.25) is 0 Å². The molecule has 2 aromatic carbocycles. The number of benzene rings is 2. The van der Waals surface area contributed by atoms with Crippen LogP contribution in [-0.4, -0.2) is 5.78 Å². The number of rotatable bonds is 3. The van der Waals surface area contributed by atoms with Gasteiger partial charge in [0.05, 0.1) is 5.56 Å². The van der Waals surface area contributed by atoms with Crippen LogP contribution in [0.25, 0.3) is 22.5 Å². The fraction of sp³-hybridized carbons (Fsp3) is 0.0526. The minimum atomic E-state index is -0.470. The van der Waals surface area contributed by atoms with Gasteiger partial charge in [-0.2, -0.15) is 0 Å². The third-order valence-electron chi connectivity index (χ3n) is 3.43. The van der Waals surface area contributed by atoms with Crippen molar-refractivity contribution in [2.45, 2.75) is 6.92 Å². The second-order valence-corrected chi connectivity index (χ2v) is 4.97. The van der Waals surface area contributed by atoms with Crippen molar-refractivity contribution in [2.75, 3.05) is 0 Å². The summed E-state index contributed by atoms with van der Waals surface area (Å²) >= 11 is 0. The molecular formula is C19H14O3. The van der Waals surface area contributed by atoms with Gasteiger partial charge < -0.3 is 4.42 Å². The molecule has 0 amide bonds. The number of ketones is 1. The monoisotopic (exact) mass is 290 g/mol.